The first kappa shape index (κ1) is 13.4. The van der Waals surface area contributed by atoms with E-state index in [-0.39, 0.29) is 0 Å². The van der Waals surface area contributed by atoms with E-state index in [9.17, 15) is 0 Å². The highest BCUT2D eigenvalue weighted by molar-refractivity contribution is 5.37. The molecule has 1 aliphatic heterocycles. The summed E-state index contributed by atoms with van der Waals surface area (Å²) >= 11 is 0. The van der Waals surface area contributed by atoms with Crippen molar-refractivity contribution in [1.82, 2.24) is 5.32 Å². The molecule has 0 radical (unpaired) electrons. The quantitative estimate of drug-likeness (QED) is 0.851. The molecule has 2 aromatic rings. The van der Waals surface area contributed by atoms with Gasteiger partial charge in [-0.15, -0.1) is 0 Å². The van der Waals surface area contributed by atoms with Crippen molar-refractivity contribution in [3.8, 4) is 0 Å². The summed E-state index contributed by atoms with van der Waals surface area (Å²) in [5.41, 5.74) is 4.41. The topological polar surface area (TPSA) is 12.0 Å². The summed E-state index contributed by atoms with van der Waals surface area (Å²) in [6.07, 6.45) is 1.23. The molecule has 2 aromatic carbocycles. The van der Waals surface area contributed by atoms with Gasteiger partial charge < -0.3 is 5.32 Å². The molecule has 1 heterocycles. The van der Waals surface area contributed by atoms with E-state index in [1.807, 2.05) is 0 Å². The maximum atomic E-state index is 3.75. The van der Waals surface area contributed by atoms with E-state index in [1.165, 1.54) is 23.1 Å². The number of benzene rings is 2. The molecule has 2 atom stereocenters. The lowest BCUT2D eigenvalue weighted by molar-refractivity contribution is 0.360. The summed E-state index contributed by atoms with van der Waals surface area (Å²) in [6.45, 7) is 5.61. The summed E-state index contributed by atoms with van der Waals surface area (Å²) < 4.78 is 0. The van der Waals surface area contributed by atoms with Gasteiger partial charge in [-0.05, 0) is 29.0 Å². The third-order valence-electron chi connectivity index (χ3n) is 4.25. The Kier molecular flexibility index (Phi) is 3.88. The van der Waals surface area contributed by atoms with Crippen molar-refractivity contribution in [2.75, 3.05) is 0 Å². The SMILES string of the molecule is CC(C)CC1c2ccccc2CNC1c1ccccc1. The van der Waals surface area contributed by atoms with Gasteiger partial charge in [0.15, 0.2) is 0 Å². The molecular formula is C19H23N. The van der Waals surface area contributed by atoms with Crippen LogP contribution in [0, 0.1) is 5.92 Å². The van der Waals surface area contributed by atoms with Gasteiger partial charge in [-0.1, -0.05) is 68.4 Å². The average Bonchev–Trinajstić information content (AvgIpc) is 2.48. The van der Waals surface area contributed by atoms with Crippen molar-refractivity contribution >= 4 is 0 Å². The van der Waals surface area contributed by atoms with Crippen molar-refractivity contribution < 1.29 is 0 Å². The zero-order valence-electron chi connectivity index (χ0n) is 12.3. The van der Waals surface area contributed by atoms with Crippen LogP contribution >= 0.6 is 0 Å². The number of hydrogen-bond acceptors (Lipinski definition) is 1. The summed E-state index contributed by atoms with van der Waals surface area (Å²) in [4.78, 5) is 0. The van der Waals surface area contributed by atoms with Crippen LogP contribution in [0.1, 0.15) is 48.9 Å². The Labute approximate surface area is 122 Å². The molecular weight excluding hydrogens is 242 g/mol. The Balaban J connectivity index is 1.99. The van der Waals surface area contributed by atoms with Gasteiger partial charge in [0.1, 0.15) is 0 Å². The van der Waals surface area contributed by atoms with Gasteiger partial charge in [0.25, 0.3) is 0 Å². The number of hydrogen-bond donors (Lipinski definition) is 1. The Morgan fingerprint density at radius 3 is 2.45 bits per heavy atom. The van der Waals surface area contributed by atoms with Crippen LogP contribution in [0.4, 0.5) is 0 Å². The third kappa shape index (κ3) is 2.64. The molecule has 3 rings (SSSR count). The minimum atomic E-state index is 0.438. The van der Waals surface area contributed by atoms with Crippen LogP contribution in [0.5, 0.6) is 0 Å². The Morgan fingerprint density at radius 2 is 1.70 bits per heavy atom. The molecule has 0 fully saturated rings. The van der Waals surface area contributed by atoms with Crippen LogP contribution in [0.3, 0.4) is 0 Å². The van der Waals surface area contributed by atoms with Crippen molar-refractivity contribution in [3.63, 3.8) is 0 Å². The first-order valence-electron chi connectivity index (χ1n) is 7.62. The fourth-order valence-corrected chi connectivity index (χ4v) is 3.38. The molecule has 20 heavy (non-hydrogen) atoms. The molecule has 1 N–H and O–H groups in total. The van der Waals surface area contributed by atoms with E-state index in [1.54, 1.807) is 0 Å². The summed E-state index contributed by atoms with van der Waals surface area (Å²) in [5.74, 6) is 1.28. The second-order valence-electron chi connectivity index (χ2n) is 6.20. The first-order valence-corrected chi connectivity index (χ1v) is 7.62. The van der Waals surface area contributed by atoms with Crippen molar-refractivity contribution in [2.24, 2.45) is 5.92 Å². The molecule has 2 unspecified atom stereocenters. The van der Waals surface area contributed by atoms with Gasteiger partial charge >= 0.3 is 0 Å². The predicted octanol–water partition coefficient (Wildman–Crippen LogP) is 4.66. The maximum absolute atomic E-state index is 3.75. The van der Waals surface area contributed by atoms with Crippen LogP contribution in [0.2, 0.25) is 0 Å². The van der Waals surface area contributed by atoms with Crippen LogP contribution in [0.15, 0.2) is 54.6 Å². The lowest BCUT2D eigenvalue weighted by Crippen LogP contribution is -2.33. The van der Waals surface area contributed by atoms with E-state index in [0.29, 0.717) is 17.9 Å². The van der Waals surface area contributed by atoms with Gasteiger partial charge in [0.05, 0.1) is 0 Å². The van der Waals surface area contributed by atoms with Gasteiger partial charge in [-0.25, -0.2) is 0 Å². The zero-order valence-corrected chi connectivity index (χ0v) is 12.3. The standard InChI is InChI=1S/C19H23N/c1-14(2)12-18-17-11-7-6-10-16(17)13-20-19(18)15-8-4-3-5-9-15/h3-11,14,18-20H,12-13H2,1-2H3. The lowest BCUT2D eigenvalue weighted by atomic mass is 9.77. The van der Waals surface area contributed by atoms with Gasteiger partial charge in [-0.3, -0.25) is 0 Å². The highest BCUT2D eigenvalue weighted by Gasteiger charge is 2.30. The molecule has 1 heteroatoms. The molecule has 0 spiro atoms. The predicted molar refractivity (Wildman–Crippen MR) is 84.7 cm³/mol. The minimum absolute atomic E-state index is 0.438. The van der Waals surface area contributed by atoms with E-state index < -0.39 is 0 Å². The Hall–Kier alpha value is -1.60. The Bertz CT molecular complexity index is 559. The summed E-state index contributed by atoms with van der Waals surface area (Å²) in [5, 5.41) is 3.75. The van der Waals surface area contributed by atoms with Gasteiger partial charge in [-0.2, -0.15) is 0 Å². The number of fused-ring (bicyclic) bond motifs is 1. The zero-order chi connectivity index (χ0) is 13.9. The number of nitrogens with one attached hydrogen (secondary N) is 1. The van der Waals surface area contributed by atoms with Gasteiger partial charge in [0.2, 0.25) is 0 Å². The van der Waals surface area contributed by atoms with Crippen LogP contribution in [-0.2, 0) is 6.54 Å². The molecule has 0 amide bonds. The van der Waals surface area contributed by atoms with Crippen LogP contribution < -0.4 is 5.32 Å². The van der Waals surface area contributed by atoms with Crippen LogP contribution in [-0.4, -0.2) is 0 Å². The summed E-state index contributed by atoms with van der Waals surface area (Å²) in [6, 6.07) is 20.2. The smallest absolute Gasteiger partial charge is 0.0392 e. The second-order valence-corrected chi connectivity index (χ2v) is 6.20. The van der Waals surface area contributed by atoms with E-state index >= 15 is 0 Å². The molecule has 0 aliphatic carbocycles. The first-order chi connectivity index (χ1) is 9.75. The molecule has 0 aromatic heterocycles. The Morgan fingerprint density at radius 1 is 1.00 bits per heavy atom. The minimum Gasteiger partial charge on any atom is -0.305 e. The van der Waals surface area contributed by atoms with Crippen molar-refractivity contribution in [1.29, 1.82) is 0 Å². The fraction of sp³-hybridized carbons (Fsp3) is 0.368. The second kappa shape index (κ2) is 5.80. The monoisotopic (exact) mass is 265 g/mol. The normalized spacial score (nSPS) is 21.8. The summed E-state index contributed by atoms with van der Waals surface area (Å²) in [7, 11) is 0. The molecule has 1 aliphatic rings. The molecule has 104 valence electrons. The lowest BCUT2D eigenvalue weighted by Gasteiger charge is -2.36. The van der Waals surface area contributed by atoms with Crippen molar-refractivity contribution in [3.05, 3.63) is 71.3 Å². The van der Waals surface area contributed by atoms with E-state index in [0.717, 1.165) is 6.54 Å². The molecule has 0 saturated heterocycles. The molecule has 0 bridgehead atoms. The third-order valence-corrected chi connectivity index (χ3v) is 4.25. The number of rotatable bonds is 3. The highest BCUT2D eigenvalue weighted by atomic mass is 14.9. The molecule has 0 saturated carbocycles. The fourth-order valence-electron chi connectivity index (χ4n) is 3.38. The maximum Gasteiger partial charge on any atom is 0.0392 e. The van der Waals surface area contributed by atoms with E-state index in [2.05, 4.69) is 73.8 Å². The average molecular weight is 265 g/mol. The van der Waals surface area contributed by atoms with Crippen molar-refractivity contribution in [2.45, 2.75) is 38.8 Å². The van der Waals surface area contributed by atoms with Gasteiger partial charge in [0, 0.05) is 18.5 Å². The molecule has 1 nitrogen and oxygen atoms in total. The van der Waals surface area contributed by atoms with E-state index in [4.69, 9.17) is 0 Å². The highest BCUT2D eigenvalue weighted by Crippen LogP contribution is 2.40. The van der Waals surface area contributed by atoms with Crippen LogP contribution in [0.25, 0.3) is 0 Å². The largest absolute Gasteiger partial charge is 0.305 e.